The van der Waals surface area contributed by atoms with Gasteiger partial charge in [0.1, 0.15) is 5.60 Å². The molecular weight excluding hydrogens is 292 g/mol. The predicted octanol–water partition coefficient (Wildman–Crippen LogP) is 2.60. The molecular formula is C17H28N4O2. The quantitative estimate of drug-likeness (QED) is 0.923. The van der Waals surface area contributed by atoms with E-state index in [1.165, 1.54) is 0 Å². The standard InChI is InChI=1S/C17H28N4O2/c1-13(20-11-15-10-18-7-8-19-15)14-6-5-9-21(12-14)16(22)23-17(2,3)4/h7-8,10,13-14,20H,5-6,9,11-12H2,1-4H3. The second-order valence-electron chi connectivity index (χ2n) is 7.19. The first-order chi connectivity index (χ1) is 10.8. The van der Waals surface area contributed by atoms with E-state index in [0.717, 1.165) is 31.6 Å². The van der Waals surface area contributed by atoms with Crippen LogP contribution in [0.2, 0.25) is 0 Å². The Morgan fingerprint density at radius 3 is 2.91 bits per heavy atom. The summed E-state index contributed by atoms with van der Waals surface area (Å²) < 4.78 is 5.48. The first-order valence-electron chi connectivity index (χ1n) is 8.31. The number of hydrogen-bond donors (Lipinski definition) is 1. The molecule has 0 aliphatic carbocycles. The third-order valence-electron chi connectivity index (χ3n) is 4.04. The first-order valence-corrected chi connectivity index (χ1v) is 8.31. The number of likely N-dealkylation sites (tertiary alicyclic amines) is 1. The lowest BCUT2D eigenvalue weighted by molar-refractivity contribution is 0.0148. The fourth-order valence-corrected chi connectivity index (χ4v) is 2.76. The van der Waals surface area contributed by atoms with Crippen molar-refractivity contribution in [2.24, 2.45) is 5.92 Å². The van der Waals surface area contributed by atoms with Crippen LogP contribution in [0.1, 0.15) is 46.2 Å². The molecule has 1 fully saturated rings. The number of hydrogen-bond acceptors (Lipinski definition) is 5. The maximum Gasteiger partial charge on any atom is 0.410 e. The van der Waals surface area contributed by atoms with Crippen molar-refractivity contribution in [2.75, 3.05) is 13.1 Å². The highest BCUT2D eigenvalue weighted by Gasteiger charge is 2.29. The molecule has 6 heteroatoms. The molecule has 1 N–H and O–H groups in total. The van der Waals surface area contributed by atoms with E-state index in [1.54, 1.807) is 18.6 Å². The highest BCUT2D eigenvalue weighted by atomic mass is 16.6. The Morgan fingerprint density at radius 1 is 1.48 bits per heavy atom. The summed E-state index contributed by atoms with van der Waals surface area (Å²) in [7, 11) is 0. The van der Waals surface area contributed by atoms with Gasteiger partial charge in [0.25, 0.3) is 0 Å². The molecule has 128 valence electrons. The summed E-state index contributed by atoms with van der Waals surface area (Å²) in [4.78, 5) is 22.4. The zero-order valence-electron chi connectivity index (χ0n) is 14.6. The fraction of sp³-hybridized carbons (Fsp3) is 0.706. The van der Waals surface area contributed by atoms with Crippen LogP contribution in [-0.2, 0) is 11.3 Å². The predicted molar refractivity (Wildman–Crippen MR) is 88.9 cm³/mol. The van der Waals surface area contributed by atoms with E-state index < -0.39 is 5.60 Å². The number of carbonyl (C=O) groups excluding carboxylic acids is 1. The number of nitrogens with one attached hydrogen (secondary N) is 1. The van der Waals surface area contributed by atoms with Crippen LogP contribution in [0.3, 0.4) is 0 Å². The van der Waals surface area contributed by atoms with Crippen molar-refractivity contribution in [3.8, 4) is 0 Å². The minimum Gasteiger partial charge on any atom is -0.444 e. The summed E-state index contributed by atoms with van der Waals surface area (Å²) in [5.74, 6) is 0.424. The Balaban J connectivity index is 1.84. The highest BCUT2D eigenvalue weighted by molar-refractivity contribution is 5.68. The van der Waals surface area contributed by atoms with Gasteiger partial charge in [0, 0.05) is 44.3 Å². The number of piperidine rings is 1. The number of rotatable bonds is 4. The molecule has 1 aromatic heterocycles. The van der Waals surface area contributed by atoms with E-state index in [1.807, 2.05) is 25.7 Å². The molecule has 2 heterocycles. The molecule has 2 atom stereocenters. The van der Waals surface area contributed by atoms with E-state index in [0.29, 0.717) is 18.5 Å². The molecule has 2 unspecified atom stereocenters. The first kappa shape index (κ1) is 17.7. The monoisotopic (exact) mass is 320 g/mol. The molecule has 1 aliphatic heterocycles. The molecule has 1 aromatic rings. The van der Waals surface area contributed by atoms with E-state index in [9.17, 15) is 4.79 Å². The van der Waals surface area contributed by atoms with Gasteiger partial charge < -0.3 is 15.0 Å². The second kappa shape index (κ2) is 7.73. The van der Waals surface area contributed by atoms with Crippen LogP contribution < -0.4 is 5.32 Å². The Kier molecular flexibility index (Phi) is 5.93. The van der Waals surface area contributed by atoms with Crippen molar-refractivity contribution >= 4 is 6.09 Å². The van der Waals surface area contributed by atoms with E-state index in [4.69, 9.17) is 4.74 Å². The minimum absolute atomic E-state index is 0.205. The van der Waals surface area contributed by atoms with Gasteiger partial charge >= 0.3 is 6.09 Å². The highest BCUT2D eigenvalue weighted by Crippen LogP contribution is 2.22. The molecule has 2 rings (SSSR count). The van der Waals surface area contributed by atoms with Gasteiger partial charge in [0.05, 0.1) is 5.69 Å². The van der Waals surface area contributed by atoms with Crippen LogP contribution in [0, 0.1) is 5.92 Å². The SMILES string of the molecule is CC(NCc1cnccn1)C1CCCN(C(=O)OC(C)(C)C)C1. The second-order valence-corrected chi connectivity index (χ2v) is 7.19. The summed E-state index contributed by atoms with van der Waals surface area (Å²) in [6.07, 6.45) is 7.07. The molecule has 0 spiro atoms. The maximum atomic E-state index is 12.2. The molecule has 1 aliphatic rings. The van der Waals surface area contributed by atoms with Gasteiger partial charge in [0.2, 0.25) is 0 Å². The molecule has 0 saturated carbocycles. The topological polar surface area (TPSA) is 67.4 Å². The zero-order valence-corrected chi connectivity index (χ0v) is 14.6. The summed E-state index contributed by atoms with van der Waals surface area (Å²) in [6.45, 7) is 10.1. The molecule has 1 saturated heterocycles. The van der Waals surface area contributed by atoms with E-state index >= 15 is 0 Å². The van der Waals surface area contributed by atoms with Crippen molar-refractivity contribution in [3.05, 3.63) is 24.3 Å². The molecule has 0 aromatic carbocycles. The van der Waals surface area contributed by atoms with Crippen LogP contribution in [0.4, 0.5) is 4.79 Å². The minimum atomic E-state index is -0.445. The van der Waals surface area contributed by atoms with Gasteiger partial charge in [-0.2, -0.15) is 0 Å². The smallest absolute Gasteiger partial charge is 0.410 e. The van der Waals surface area contributed by atoms with E-state index in [-0.39, 0.29) is 6.09 Å². The molecule has 0 bridgehead atoms. The Labute approximate surface area is 138 Å². The Bertz CT molecular complexity index is 501. The lowest BCUT2D eigenvalue weighted by Gasteiger charge is -2.36. The van der Waals surface area contributed by atoms with Crippen LogP contribution >= 0.6 is 0 Å². The third kappa shape index (κ3) is 5.78. The summed E-state index contributed by atoms with van der Waals surface area (Å²) in [5, 5.41) is 3.50. The van der Waals surface area contributed by atoms with Crippen molar-refractivity contribution < 1.29 is 9.53 Å². The molecule has 1 amide bonds. The number of carbonyl (C=O) groups is 1. The van der Waals surface area contributed by atoms with Gasteiger partial charge in [-0.15, -0.1) is 0 Å². The van der Waals surface area contributed by atoms with E-state index in [2.05, 4.69) is 22.2 Å². The summed E-state index contributed by atoms with van der Waals surface area (Å²) in [5.41, 5.74) is 0.485. The molecule has 6 nitrogen and oxygen atoms in total. The van der Waals surface area contributed by atoms with Crippen molar-refractivity contribution in [1.29, 1.82) is 0 Å². The average molecular weight is 320 g/mol. The van der Waals surface area contributed by atoms with Crippen molar-refractivity contribution in [2.45, 2.75) is 58.7 Å². The number of aromatic nitrogens is 2. The van der Waals surface area contributed by atoms with Crippen molar-refractivity contribution in [3.63, 3.8) is 0 Å². The molecule has 0 radical (unpaired) electrons. The van der Waals surface area contributed by atoms with Crippen molar-refractivity contribution in [1.82, 2.24) is 20.2 Å². The van der Waals surface area contributed by atoms with Crippen LogP contribution in [0.15, 0.2) is 18.6 Å². The maximum absolute atomic E-state index is 12.2. The van der Waals surface area contributed by atoms with Gasteiger partial charge in [0.15, 0.2) is 0 Å². The summed E-state index contributed by atoms with van der Waals surface area (Å²) >= 11 is 0. The van der Waals surface area contributed by atoms with Gasteiger partial charge in [-0.3, -0.25) is 9.97 Å². The van der Waals surface area contributed by atoms with Gasteiger partial charge in [-0.05, 0) is 46.5 Å². The Morgan fingerprint density at radius 2 is 2.26 bits per heavy atom. The van der Waals surface area contributed by atoms with Gasteiger partial charge in [-0.25, -0.2) is 4.79 Å². The van der Waals surface area contributed by atoms with Crippen LogP contribution in [-0.4, -0.2) is 45.7 Å². The lowest BCUT2D eigenvalue weighted by atomic mass is 9.91. The van der Waals surface area contributed by atoms with Crippen LogP contribution in [0.25, 0.3) is 0 Å². The molecule has 23 heavy (non-hydrogen) atoms. The fourth-order valence-electron chi connectivity index (χ4n) is 2.76. The number of ether oxygens (including phenoxy) is 1. The number of nitrogens with zero attached hydrogens (tertiary/aromatic N) is 3. The number of amides is 1. The Hall–Kier alpha value is -1.69. The lowest BCUT2D eigenvalue weighted by Crippen LogP contribution is -2.47. The third-order valence-corrected chi connectivity index (χ3v) is 4.04. The largest absolute Gasteiger partial charge is 0.444 e. The van der Waals surface area contributed by atoms with Gasteiger partial charge in [-0.1, -0.05) is 0 Å². The average Bonchev–Trinajstić information content (AvgIpc) is 2.52. The normalized spacial score (nSPS) is 20.2. The zero-order chi connectivity index (χ0) is 16.9. The summed E-state index contributed by atoms with van der Waals surface area (Å²) in [6, 6.07) is 0.308. The van der Waals surface area contributed by atoms with Crippen LogP contribution in [0.5, 0.6) is 0 Å².